The van der Waals surface area contributed by atoms with Crippen LogP contribution in [0.4, 0.5) is 0 Å². The highest BCUT2D eigenvalue weighted by molar-refractivity contribution is 5.87. The van der Waals surface area contributed by atoms with E-state index in [0.29, 0.717) is 25.9 Å². The van der Waals surface area contributed by atoms with Gasteiger partial charge in [0.05, 0.1) is 23.8 Å². The van der Waals surface area contributed by atoms with E-state index in [1.54, 1.807) is 0 Å². The second kappa shape index (κ2) is 6.65. The number of piperidine rings is 1. The zero-order valence-electron chi connectivity index (χ0n) is 15.4. The third-order valence-electron chi connectivity index (χ3n) is 6.25. The van der Waals surface area contributed by atoms with Crippen LogP contribution < -0.4 is 0 Å². The van der Waals surface area contributed by atoms with Crippen LogP contribution in [0.2, 0.25) is 0 Å². The molecule has 4 rings (SSSR count). The van der Waals surface area contributed by atoms with Crippen molar-refractivity contribution in [2.45, 2.75) is 51.7 Å². The van der Waals surface area contributed by atoms with E-state index < -0.39 is 5.41 Å². The smallest absolute Gasteiger partial charge is 0.231 e. The maximum absolute atomic E-state index is 13.2. The summed E-state index contributed by atoms with van der Waals surface area (Å²) in [6.45, 7) is 4.51. The summed E-state index contributed by atoms with van der Waals surface area (Å²) >= 11 is 0. The summed E-state index contributed by atoms with van der Waals surface area (Å²) in [5, 5.41) is 9.47. The maximum Gasteiger partial charge on any atom is 0.231 e. The van der Waals surface area contributed by atoms with E-state index >= 15 is 0 Å². The van der Waals surface area contributed by atoms with Gasteiger partial charge in [-0.25, -0.2) is 0 Å². The molecule has 3 aliphatic rings. The highest BCUT2D eigenvalue weighted by Gasteiger charge is 2.50. The van der Waals surface area contributed by atoms with Crippen LogP contribution in [-0.2, 0) is 16.1 Å². The average Bonchev–Trinajstić information content (AvgIpc) is 2.88. The van der Waals surface area contributed by atoms with Crippen molar-refractivity contribution in [3.63, 3.8) is 0 Å². The van der Waals surface area contributed by atoms with Gasteiger partial charge in [-0.3, -0.25) is 14.6 Å². The molecule has 0 unspecified atom stereocenters. The van der Waals surface area contributed by atoms with Crippen molar-refractivity contribution in [3.8, 4) is 0 Å². The SMILES string of the molecule is Cc1cccc(CN2CC[C@]3(CCCN(C(=O)C4CC(O)C4)C3)C2=O)n1. The number of aliphatic hydroxyl groups excluding tert-OH is 1. The monoisotopic (exact) mass is 357 g/mol. The third kappa shape index (κ3) is 3.11. The van der Waals surface area contributed by atoms with Crippen LogP contribution in [-0.4, -0.2) is 57.4 Å². The van der Waals surface area contributed by atoms with Crippen molar-refractivity contribution in [1.29, 1.82) is 0 Å². The highest BCUT2D eigenvalue weighted by atomic mass is 16.3. The van der Waals surface area contributed by atoms with E-state index in [0.717, 1.165) is 43.7 Å². The Kier molecular flexibility index (Phi) is 4.47. The molecule has 1 saturated carbocycles. The number of aromatic nitrogens is 1. The van der Waals surface area contributed by atoms with E-state index in [2.05, 4.69) is 4.98 Å². The van der Waals surface area contributed by atoms with Crippen molar-refractivity contribution in [3.05, 3.63) is 29.6 Å². The predicted octanol–water partition coefficient (Wildman–Crippen LogP) is 1.50. The van der Waals surface area contributed by atoms with Gasteiger partial charge in [-0.05, 0) is 51.2 Å². The third-order valence-corrected chi connectivity index (χ3v) is 6.25. The van der Waals surface area contributed by atoms with E-state index in [4.69, 9.17) is 0 Å². The second-order valence-corrected chi connectivity index (χ2v) is 8.21. The lowest BCUT2D eigenvalue weighted by Gasteiger charge is -2.42. The molecule has 0 radical (unpaired) electrons. The van der Waals surface area contributed by atoms with Gasteiger partial charge in [0.1, 0.15) is 0 Å². The minimum atomic E-state index is -0.417. The van der Waals surface area contributed by atoms with E-state index in [9.17, 15) is 14.7 Å². The molecule has 1 aliphatic carbocycles. The number of carbonyl (C=O) groups excluding carboxylic acids is 2. The zero-order valence-corrected chi connectivity index (χ0v) is 15.4. The summed E-state index contributed by atoms with van der Waals surface area (Å²) in [4.78, 5) is 34.1. The number of likely N-dealkylation sites (tertiary alicyclic amines) is 2. The zero-order chi connectivity index (χ0) is 18.3. The number of pyridine rings is 1. The Morgan fingerprint density at radius 1 is 1.31 bits per heavy atom. The molecule has 140 valence electrons. The van der Waals surface area contributed by atoms with Gasteiger partial charge in [0.15, 0.2) is 0 Å². The van der Waals surface area contributed by atoms with Gasteiger partial charge in [-0.15, -0.1) is 0 Å². The van der Waals surface area contributed by atoms with Crippen LogP contribution in [0, 0.1) is 18.3 Å². The molecule has 1 spiro atoms. The molecule has 0 aromatic carbocycles. The molecule has 3 heterocycles. The molecule has 0 bridgehead atoms. The Morgan fingerprint density at radius 2 is 2.12 bits per heavy atom. The summed E-state index contributed by atoms with van der Waals surface area (Å²) in [5.41, 5.74) is 1.46. The summed E-state index contributed by atoms with van der Waals surface area (Å²) in [5.74, 6) is 0.247. The standard InChI is InChI=1S/C20H27N3O3/c1-14-4-2-5-16(21-14)12-22-9-7-20(19(22)26)6-3-8-23(13-20)18(25)15-10-17(24)11-15/h2,4-5,15,17,24H,3,6-13H2,1H3/t15?,17?,20-/m0/s1. The van der Waals surface area contributed by atoms with Crippen LogP contribution in [0.3, 0.4) is 0 Å². The number of aliphatic hydroxyl groups is 1. The summed E-state index contributed by atoms with van der Waals surface area (Å²) < 4.78 is 0. The second-order valence-electron chi connectivity index (χ2n) is 8.21. The Bertz CT molecular complexity index is 716. The van der Waals surface area contributed by atoms with Gasteiger partial charge in [-0.2, -0.15) is 0 Å². The molecule has 1 aromatic rings. The fourth-order valence-electron chi connectivity index (χ4n) is 4.67. The molecule has 2 aliphatic heterocycles. The number of rotatable bonds is 3. The Hall–Kier alpha value is -1.95. The molecule has 26 heavy (non-hydrogen) atoms. The molecule has 1 aromatic heterocycles. The van der Waals surface area contributed by atoms with Gasteiger partial charge >= 0.3 is 0 Å². The lowest BCUT2D eigenvalue weighted by molar-refractivity contribution is -0.150. The lowest BCUT2D eigenvalue weighted by Crippen LogP contribution is -2.53. The first-order chi connectivity index (χ1) is 12.5. The first-order valence-corrected chi connectivity index (χ1v) is 9.66. The van der Waals surface area contributed by atoms with E-state index in [-0.39, 0.29) is 23.8 Å². The maximum atomic E-state index is 13.2. The fraction of sp³-hybridized carbons (Fsp3) is 0.650. The minimum absolute atomic E-state index is 0.0516. The van der Waals surface area contributed by atoms with Crippen molar-refractivity contribution in [1.82, 2.24) is 14.8 Å². The van der Waals surface area contributed by atoms with Crippen LogP contribution >= 0.6 is 0 Å². The van der Waals surface area contributed by atoms with E-state index in [1.165, 1.54) is 0 Å². The van der Waals surface area contributed by atoms with Gasteiger partial charge in [-0.1, -0.05) is 6.07 Å². The quantitative estimate of drug-likeness (QED) is 0.890. The molecular formula is C20H27N3O3. The summed E-state index contributed by atoms with van der Waals surface area (Å²) in [6.07, 6.45) is 3.37. The normalized spacial score (nSPS) is 31.4. The Labute approximate surface area is 154 Å². The largest absolute Gasteiger partial charge is 0.393 e. The van der Waals surface area contributed by atoms with Crippen molar-refractivity contribution < 1.29 is 14.7 Å². The molecule has 6 nitrogen and oxygen atoms in total. The van der Waals surface area contributed by atoms with Crippen molar-refractivity contribution in [2.24, 2.45) is 11.3 Å². The number of hydrogen-bond acceptors (Lipinski definition) is 4. The van der Waals surface area contributed by atoms with E-state index in [1.807, 2.05) is 34.9 Å². The van der Waals surface area contributed by atoms with Crippen LogP contribution in [0.1, 0.15) is 43.5 Å². The Morgan fingerprint density at radius 3 is 2.85 bits per heavy atom. The van der Waals surface area contributed by atoms with Gasteiger partial charge in [0.2, 0.25) is 11.8 Å². The molecule has 2 saturated heterocycles. The minimum Gasteiger partial charge on any atom is -0.393 e. The van der Waals surface area contributed by atoms with Crippen LogP contribution in [0.5, 0.6) is 0 Å². The first-order valence-electron chi connectivity index (χ1n) is 9.66. The number of amides is 2. The Balaban J connectivity index is 1.43. The highest BCUT2D eigenvalue weighted by Crippen LogP contribution is 2.41. The van der Waals surface area contributed by atoms with Crippen LogP contribution in [0.25, 0.3) is 0 Å². The molecule has 2 amide bonds. The number of carbonyl (C=O) groups is 2. The van der Waals surface area contributed by atoms with Gasteiger partial charge in [0, 0.05) is 31.2 Å². The molecule has 3 fully saturated rings. The molecule has 1 atom stereocenters. The molecule has 1 N–H and O–H groups in total. The van der Waals surface area contributed by atoms with Crippen LogP contribution in [0.15, 0.2) is 18.2 Å². The van der Waals surface area contributed by atoms with Crippen molar-refractivity contribution >= 4 is 11.8 Å². The predicted molar refractivity (Wildman–Crippen MR) is 96.0 cm³/mol. The van der Waals surface area contributed by atoms with Gasteiger partial charge in [0.25, 0.3) is 0 Å². The molecule has 6 heteroatoms. The van der Waals surface area contributed by atoms with Gasteiger partial charge < -0.3 is 14.9 Å². The first kappa shape index (κ1) is 17.5. The summed E-state index contributed by atoms with van der Waals surface area (Å²) in [6, 6.07) is 5.89. The summed E-state index contributed by atoms with van der Waals surface area (Å²) in [7, 11) is 0. The lowest BCUT2D eigenvalue weighted by atomic mass is 9.76. The fourth-order valence-corrected chi connectivity index (χ4v) is 4.67. The average molecular weight is 357 g/mol. The molecular weight excluding hydrogens is 330 g/mol. The van der Waals surface area contributed by atoms with Crippen molar-refractivity contribution in [2.75, 3.05) is 19.6 Å². The number of hydrogen-bond donors (Lipinski definition) is 1. The number of aryl methyl sites for hydroxylation is 1. The topological polar surface area (TPSA) is 73.7 Å². The number of nitrogens with zero attached hydrogens (tertiary/aromatic N) is 3.